The van der Waals surface area contributed by atoms with E-state index in [1.54, 1.807) is 23.1 Å². The fourth-order valence-electron chi connectivity index (χ4n) is 3.58. The first-order valence-electron chi connectivity index (χ1n) is 9.93. The number of aryl methyl sites for hydroxylation is 2. The van der Waals surface area contributed by atoms with Crippen LogP contribution in [0.2, 0.25) is 0 Å². The van der Waals surface area contributed by atoms with Gasteiger partial charge >= 0.3 is 0 Å². The molecule has 0 saturated heterocycles. The SMILES string of the molecule is CCc1ccc(NC(=O)c2cccc(C(=O)N3CCCc4ccccc43)n2)cc1. The van der Waals surface area contributed by atoms with E-state index in [-0.39, 0.29) is 23.2 Å². The monoisotopic (exact) mass is 385 g/mol. The summed E-state index contributed by atoms with van der Waals surface area (Å²) in [7, 11) is 0. The highest BCUT2D eigenvalue weighted by atomic mass is 16.2. The third-order valence-electron chi connectivity index (χ3n) is 5.18. The summed E-state index contributed by atoms with van der Waals surface area (Å²) in [4.78, 5) is 31.8. The molecule has 0 radical (unpaired) electrons. The van der Waals surface area contributed by atoms with Crippen molar-refractivity contribution < 1.29 is 9.59 Å². The summed E-state index contributed by atoms with van der Waals surface area (Å²) in [6.07, 6.45) is 2.82. The van der Waals surface area contributed by atoms with Crippen LogP contribution in [0, 0.1) is 0 Å². The van der Waals surface area contributed by atoms with Crippen molar-refractivity contribution in [1.29, 1.82) is 0 Å². The minimum atomic E-state index is -0.331. The zero-order chi connectivity index (χ0) is 20.2. The topological polar surface area (TPSA) is 62.3 Å². The molecule has 0 atom stereocenters. The highest BCUT2D eigenvalue weighted by Gasteiger charge is 2.24. The van der Waals surface area contributed by atoms with Crippen LogP contribution in [0.15, 0.2) is 66.7 Å². The van der Waals surface area contributed by atoms with Crippen LogP contribution in [0.25, 0.3) is 0 Å². The lowest BCUT2D eigenvalue weighted by atomic mass is 10.0. The average molecular weight is 385 g/mol. The largest absolute Gasteiger partial charge is 0.321 e. The van der Waals surface area contributed by atoms with Crippen molar-refractivity contribution in [2.75, 3.05) is 16.8 Å². The van der Waals surface area contributed by atoms with Gasteiger partial charge in [-0.05, 0) is 60.7 Å². The number of carbonyl (C=O) groups excluding carboxylic acids is 2. The second-order valence-electron chi connectivity index (χ2n) is 7.10. The molecule has 1 N–H and O–H groups in total. The third kappa shape index (κ3) is 4.04. The van der Waals surface area contributed by atoms with Crippen molar-refractivity contribution in [2.45, 2.75) is 26.2 Å². The predicted molar refractivity (Wildman–Crippen MR) is 114 cm³/mol. The van der Waals surface area contributed by atoms with Crippen molar-refractivity contribution in [3.05, 3.63) is 89.2 Å². The van der Waals surface area contributed by atoms with Crippen molar-refractivity contribution in [1.82, 2.24) is 4.98 Å². The highest BCUT2D eigenvalue weighted by molar-refractivity contribution is 6.07. The molecule has 0 fully saturated rings. The van der Waals surface area contributed by atoms with Crippen molar-refractivity contribution in [3.63, 3.8) is 0 Å². The maximum absolute atomic E-state index is 13.1. The summed E-state index contributed by atoms with van der Waals surface area (Å²) in [6.45, 7) is 2.73. The molecule has 5 heteroatoms. The van der Waals surface area contributed by atoms with E-state index < -0.39 is 0 Å². The first kappa shape index (κ1) is 18.9. The number of aromatic nitrogens is 1. The van der Waals surface area contributed by atoms with E-state index in [0.29, 0.717) is 12.2 Å². The smallest absolute Gasteiger partial charge is 0.276 e. The van der Waals surface area contributed by atoms with E-state index in [1.807, 2.05) is 42.5 Å². The van der Waals surface area contributed by atoms with Gasteiger partial charge in [-0.1, -0.05) is 43.3 Å². The number of amides is 2. The van der Waals surface area contributed by atoms with Crippen LogP contribution in [0.3, 0.4) is 0 Å². The molecule has 3 aromatic rings. The molecule has 1 aliphatic heterocycles. The summed E-state index contributed by atoms with van der Waals surface area (Å²) in [5.41, 5.74) is 4.50. The van der Waals surface area contributed by atoms with Gasteiger partial charge in [0, 0.05) is 17.9 Å². The van der Waals surface area contributed by atoms with Crippen molar-refractivity contribution >= 4 is 23.2 Å². The summed E-state index contributed by atoms with van der Waals surface area (Å²) >= 11 is 0. The van der Waals surface area contributed by atoms with E-state index in [2.05, 4.69) is 23.3 Å². The van der Waals surface area contributed by atoms with E-state index in [1.165, 1.54) is 5.56 Å². The van der Waals surface area contributed by atoms with Gasteiger partial charge in [-0.2, -0.15) is 0 Å². The molecule has 0 spiro atoms. The van der Waals surface area contributed by atoms with E-state index >= 15 is 0 Å². The molecule has 0 bridgehead atoms. The van der Waals surface area contributed by atoms with Crippen molar-refractivity contribution in [2.24, 2.45) is 0 Å². The number of para-hydroxylation sites is 1. The number of rotatable bonds is 4. The molecule has 146 valence electrons. The Bertz CT molecular complexity index is 1040. The van der Waals surface area contributed by atoms with Crippen LogP contribution in [-0.4, -0.2) is 23.3 Å². The first-order chi connectivity index (χ1) is 14.2. The van der Waals surface area contributed by atoms with Gasteiger partial charge in [0.1, 0.15) is 11.4 Å². The lowest BCUT2D eigenvalue weighted by Crippen LogP contribution is -2.36. The number of fused-ring (bicyclic) bond motifs is 1. The Morgan fingerprint density at radius 1 is 0.966 bits per heavy atom. The average Bonchev–Trinajstić information content (AvgIpc) is 2.79. The fourth-order valence-corrected chi connectivity index (χ4v) is 3.58. The standard InChI is InChI=1S/C24H23N3O2/c1-2-17-12-14-19(15-13-17)25-23(28)20-9-5-10-21(26-20)24(29)27-16-6-8-18-7-3-4-11-22(18)27/h3-5,7,9-15H,2,6,8,16H2,1H3,(H,25,28). The van der Waals surface area contributed by atoms with Crippen LogP contribution in [-0.2, 0) is 12.8 Å². The molecular formula is C24H23N3O2. The second kappa shape index (κ2) is 8.27. The van der Waals surface area contributed by atoms with Gasteiger partial charge in [0.05, 0.1) is 0 Å². The Hall–Kier alpha value is -3.47. The molecule has 1 aliphatic rings. The molecule has 0 unspecified atom stereocenters. The number of pyridine rings is 1. The summed E-state index contributed by atoms with van der Waals surface area (Å²) < 4.78 is 0. The summed E-state index contributed by atoms with van der Waals surface area (Å²) in [6, 6.07) is 20.6. The van der Waals surface area contributed by atoms with Gasteiger partial charge in [-0.25, -0.2) is 4.98 Å². The minimum absolute atomic E-state index is 0.181. The normalized spacial score (nSPS) is 12.9. The number of hydrogen-bond acceptors (Lipinski definition) is 3. The molecule has 0 saturated carbocycles. The Morgan fingerprint density at radius 2 is 1.72 bits per heavy atom. The maximum Gasteiger partial charge on any atom is 0.276 e. The number of nitrogens with zero attached hydrogens (tertiary/aromatic N) is 2. The number of carbonyl (C=O) groups is 2. The van der Waals surface area contributed by atoms with Crippen LogP contribution >= 0.6 is 0 Å². The Kier molecular flexibility index (Phi) is 5.38. The Morgan fingerprint density at radius 3 is 2.52 bits per heavy atom. The molecule has 5 nitrogen and oxygen atoms in total. The van der Waals surface area contributed by atoms with E-state index in [4.69, 9.17) is 0 Å². The number of nitrogens with one attached hydrogen (secondary N) is 1. The maximum atomic E-state index is 13.1. The van der Waals surface area contributed by atoms with E-state index in [9.17, 15) is 9.59 Å². The Balaban J connectivity index is 1.54. The summed E-state index contributed by atoms with van der Waals surface area (Å²) in [5, 5.41) is 2.84. The van der Waals surface area contributed by atoms with Crippen LogP contribution in [0.5, 0.6) is 0 Å². The quantitative estimate of drug-likeness (QED) is 0.720. The molecule has 4 rings (SSSR count). The molecule has 0 aliphatic carbocycles. The van der Waals surface area contributed by atoms with E-state index in [0.717, 1.165) is 30.5 Å². The molecule has 2 amide bonds. The fraction of sp³-hybridized carbons (Fsp3) is 0.208. The van der Waals surface area contributed by atoms with Gasteiger partial charge in [0.25, 0.3) is 11.8 Å². The van der Waals surface area contributed by atoms with Gasteiger partial charge < -0.3 is 10.2 Å². The highest BCUT2D eigenvalue weighted by Crippen LogP contribution is 2.27. The lowest BCUT2D eigenvalue weighted by Gasteiger charge is -2.29. The number of anilines is 2. The van der Waals surface area contributed by atoms with Gasteiger partial charge in [-0.15, -0.1) is 0 Å². The van der Waals surface area contributed by atoms with Crippen LogP contribution < -0.4 is 10.2 Å². The molecular weight excluding hydrogens is 362 g/mol. The van der Waals surface area contributed by atoms with Gasteiger partial charge in [0.15, 0.2) is 0 Å². The number of benzene rings is 2. The summed E-state index contributed by atoms with van der Waals surface area (Å²) in [5.74, 6) is -0.512. The molecule has 2 aromatic carbocycles. The first-order valence-corrected chi connectivity index (χ1v) is 9.93. The minimum Gasteiger partial charge on any atom is -0.321 e. The third-order valence-corrected chi connectivity index (χ3v) is 5.18. The van der Waals surface area contributed by atoms with Crippen LogP contribution in [0.4, 0.5) is 11.4 Å². The second-order valence-corrected chi connectivity index (χ2v) is 7.10. The zero-order valence-electron chi connectivity index (χ0n) is 16.4. The lowest BCUT2D eigenvalue weighted by molar-refractivity contribution is 0.0980. The zero-order valence-corrected chi connectivity index (χ0v) is 16.4. The van der Waals surface area contributed by atoms with Crippen molar-refractivity contribution in [3.8, 4) is 0 Å². The Labute approximate surface area is 170 Å². The van der Waals surface area contributed by atoms with Crippen LogP contribution in [0.1, 0.15) is 45.4 Å². The number of hydrogen-bond donors (Lipinski definition) is 1. The predicted octanol–water partition coefficient (Wildman–Crippen LogP) is 4.49. The molecule has 2 heterocycles. The van der Waals surface area contributed by atoms with Gasteiger partial charge in [-0.3, -0.25) is 9.59 Å². The molecule has 29 heavy (non-hydrogen) atoms. The van der Waals surface area contributed by atoms with Gasteiger partial charge in [0.2, 0.25) is 0 Å². The molecule has 1 aromatic heterocycles.